The van der Waals surface area contributed by atoms with Gasteiger partial charge in [-0.1, -0.05) is 13.3 Å². The van der Waals surface area contributed by atoms with E-state index in [1.807, 2.05) is 0 Å². The van der Waals surface area contributed by atoms with Crippen molar-refractivity contribution in [1.29, 1.82) is 0 Å². The maximum atomic E-state index is 4.19. The van der Waals surface area contributed by atoms with E-state index in [0.717, 1.165) is 17.8 Å². The maximum Gasteiger partial charge on any atom is 0.0622 e. The first kappa shape index (κ1) is 8.18. The Kier molecular flexibility index (Phi) is 3.02. The topological polar surface area (TPSA) is 25.8 Å². The van der Waals surface area contributed by atoms with Crippen molar-refractivity contribution in [2.45, 2.75) is 26.2 Å². The van der Waals surface area contributed by atoms with Crippen LogP contribution in [0.25, 0.3) is 0 Å². The van der Waals surface area contributed by atoms with E-state index in [-0.39, 0.29) is 0 Å². The highest BCUT2D eigenvalue weighted by Gasteiger charge is 1.97. The fourth-order valence-electron chi connectivity index (χ4n) is 0.949. The minimum absolute atomic E-state index is 0.820. The number of rotatable bonds is 3. The number of hydrogen-bond donors (Lipinski definition) is 0. The summed E-state index contributed by atoms with van der Waals surface area (Å²) in [5.41, 5.74) is 1.86. The minimum atomic E-state index is 0.820. The Morgan fingerprint density at radius 2 is 2.09 bits per heavy atom. The molecule has 0 saturated heterocycles. The predicted molar refractivity (Wildman–Crippen MR) is 45.1 cm³/mol. The molecule has 0 spiro atoms. The second kappa shape index (κ2) is 4.06. The second-order valence-corrected chi connectivity index (χ2v) is 2.55. The normalized spacial score (nSPS) is 10.0. The summed E-state index contributed by atoms with van der Waals surface area (Å²) in [6.45, 7) is 5.97. The zero-order valence-electron chi connectivity index (χ0n) is 6.88. The molecule has 0 saturated carbocycles. The Balaban J connectivity index is 2.62. The summed E-state index contributed by atoms with van der Waals surface area (Å²) in [6.07, 6.45) is 6.76. The Bertz CT molecular complexity index is 221. The van der Waals surface area contributed by atoms with Crippen molar-refractivity contribution >= 4 is 0 Å². The summed E-state index contributed by atoms with van der Waals surface area (Å²) in [6, 6.07) is 0. The molecular weight excluding hydrogens is 136 g/mol. The molecule has 1 radical (unpaired) electrons. The molecule has 0 N–H and O–H groups in total. The van der Waals surface area contributed by atoms with Crippen LogP contribution < -0.4 is 0 Å². The summed E-state index contributed by atoms with van der Waals surface area (Å²) < 4.78 is 0. The molecule has 0 aliphatic carbocycles. The SMILES string of the molecule is [CH2]c1nccnc1CCCC. The molecule has 11 heavy (non-hydrogen) atoms. The molecule has 1 aromatic heterocycles. The molecule has 0 amide bonds. The lowest BCUT2D eigenvalue weighted by molar-refractivity contribution is 0.768. The van der Waals surface area contributed by atoms with Crippen molar-refractivity contribution in [3.8, 4) is 0 Å². The largest absolute Gasteiger partial charge is 0.258 e. The van der Waals surface area contributed by atoms with Crippen LogP contribution in [0.4, 0.5) is 0 Å². The van der Waals surface area contributed by atoms with Crippen molar-refractivity contribution in [2.24, 2.45) is 0 Å². The first-order valence-electron chi connectivity index (χ1n) is 3.96. The summed E-state index contributed by atoms with van der Waals surface area (Å²) in [5, 5.41) is 0. The molecule has 0 bridgehead atoms. The van der Waals surface area contributed by atoms with Crippen LogP contribution in [0.5, 0.6) is 0 Å². The molecule has 0 fully saturated rings. The lowest BCUT2D eigenvalue weighted by Gasteiger charge is -2.00. The van der Waals surface area contributed by atoms with Crippen molar-refractivity contribution in [3.05, 3.63) is 30.7 Å². The first-order chi connectivity index (χ1) is 5.34. The van der Waals surface area contributed by atoms with Gasteiger partial charge in [-0.25, -0.2) is 0 Å². The monoisotopic (exact) mass is 149 g/mol. The molecular formula is C9H13N2. The third-order valence-electron chi connectivity index (χ3n) is 1.63. The van der Waals surface area contributed by atoms with Gasteiger partial charge in [0.2, 0.25) is 0 Å². The molecule has 1 heterocycles. The van der Waals surface area contributed by atoms with Gasteiger partial charge in [-0.2, -0.15) is 0 Å². The number of unbranched alkanes of at least 4 members (excludes halogenated alkanes) is 1. The van der Waals surface area contributed by atoms with Gasteiger partial charge < -0.3 is 0 Å². The van der Waals surface area contributed by atoms with Crippen LogP contribution >= 0.6 is 0 Å². The lowest BCUT2D eigenvalue weighted by atomic mass is 10.2. The van der Waals surface area contributed by atoms with Gasteiger partial charge in [0.25, 0.3) is 0 Å². The Labute approximate surface area is 67.7 Å². The Morgan fingerprint density at radius 1 is 1.36 bits per heavy atom. The van der Waals surface area contributed by atoms with E-state index in [1.165, 1.54) is 12.8 Å². The average molecular weight is 149 g/mol. The van der Waals surface area contributed by atoms with Crippen LogP contribution in [0.15, 0.2) is 12.4 Å². The molecule has 1 aromatic rings. The highest BCUT2D eigenvalue weighted by molar-refractivity contribution is 5.13. The van der Waals surface area contributed by atoms with E-state index < -0.39 is 0 Å². The summed E-state index contributed by atoms with van der Waals surface area (Å²) in [5.74, 6) is 0. The zero-order valence-corrected chi connectivity index (χ0v) is 6.88. The second-order valence-electron chi connectivity index (χ2n) is 2.55. The van der Waals surface area contributed by atoms with Gasteiger partial charge in [0.15, 0.2) is 0 Å². The standard InChI is InChI=1S/C9H13N2/c1-3-4-5-9-8(2)10-6-7-11-9/h6-7H,2-5H2,1H3. The van der Waals surface area contributed by atoms with E-state index in [1.54, 1.807) is 12.4 Å². The highest BCUT2D eigenvalue weighted by Crippen LogP contribution is 2.03. The average Bonchev–Trinajstić information content (AvgIpc) is 2.03. The molecule has 59 valence electrons. The van der Waals surface area contributed by atoms with Crippen molar-refractivity contribution < 1.29 is 0 Å². The van der Waals surface area contributed by atoms with Gasteiger partial charge in [0.1, 0.15) is 0 Å². The Morgan fingerprint density at radius 3 is 2.73 bits per heavy atom. The van der Waals surface area contributed by atoms with E-state index in [9.17, 15) is 0 Å². The van der Waals surface area contributed by atoms with Gasteiger partial charge in [0, 0.05) is 12.4 Å². The third-order valence-corrected chi connectivity index (χ3v) is 1.63. The third kappa shape index (κ3) is 2.30. The number of nitrogens with zero attached hydrogens (tertiary/aromatic N) is 2. The van der Waals surface area contributed by atoms with Gasteiger partial charge in [0.05, 0.1) is 11.4 Å². The zero-order chi connectivity index (χ0) is 8.10. The van der Waals surface area contributed by atoms with Crippen LogP contribution in [0.1, 0.15) is 31.2 Å². The lowest BCUT2D eigenvalue weighted by Crippen LogP contribution is -1.95. The highest BCUT2D eigenvalue weighted by atomic mass is 14.8. The predicted octanol–water partition coefficient (Wildman–Crippen LogP) is 2.00. The number of hydrogen-bond acceptors (Lipinski definition) is 2. The quantitative estimate of drug-likeness (QED) is 0.657. The molecule has 0 unspecified atom stereocenters. The van der Waals surface area contributed by atoms with Gasteiger partial charge >= 0.3 is 0 Å². The molecule has 0 atom stereocenters. The summed E-state index contributed by atoms with van der Waals surface area (Å²) >= 11 is 0. The van der Waals surface area contributed by atoms with Crippen LogP contribution in [-0.4, -0.2) is 9.97 Å². The van der Waals surface area contributed by atoms with E-state index in [4.69, 9.17) is 0 Å². The first-order valence-corrected chi connectivity index (χ1v) is 3.96. The molecule has 2 nitrogen and oxygen atoms in total. The molecule has 1 rings (SSSR count). The van der Waals surface area contributed by atoms with Crippen LogP contribution in [0.3, 0.4) is 0 Å². The number of aromatic nitrogens is 2. The smallest absolute Gasteiger partial charge is 0.0622 e. The van der Waals surface area contributed by atoms with Gasteiger partial charge in [-0.05, 0) is 19.8 Å². The fourth-order valence-corrected chi connectivity index (χ4v) is 0.949. The summed E-state index contributed by atoms with van der Waals surface area (Å²) in [7, 11) is 0. The van der Waals surface area contributed by atoms with E-state index in [0.29, 0.717) is 0 Å². The van der Waals surface area contributed by atoms with Crippen molar-refractivity contribution in [1.82, 2.24) is 9.97 Å². The molecule has 0 aliphatic heterocycles. The Hall–Kier alpha value is -0.920. The van der Waals surface area contributed by atoms with Gasteiger partial charge in [-0.15, -0.1) is 0 Å². The van der Waals surface area contributed by atoms with E-state index in [2.05, 4.69) is 23.8 Å². The fraction of sp³-hybridized carbons (Fsp3) is 0.444. The molecule has 0 aromatic carbocycles. The van der Waals surface area contributed by atoms with Crippen LogP contribution in [0.2, 0.25) is 0 Å². The van der Waals surface area contributed by atoms with Crippen molar-refractivity contribution in [3.63, 3.8) is 0 Å². The molecule has 2 heteroatoms. The summed E-state index contributed by atoms with van der Waals surface area (Å²) in [4.78, 5) is 8.25. The maximum absolute atomic E-state index is 4.19. The van der Waals surface area contributed by atoms with Gasteiger partial charge in [-0.3, -0.25) is 9.97 Å². The molecule has 0 aliphatic rings. The van der Waals surface area contributed by atoms with Crippen LogP contribution in [-0.2, 0) is 6.42 Å². The van der Waals surface area contributed by atoms with Crippen molar-refractivity contribution in [2.75, 3.05) is 0 Å². The minimum Gasteiger partial charge on any atom is -0.258 e. The van der Waals surface area contributed by atoms with E-state index >= 15 is 0 Å². The van der Waals surface area contributed by atoms with Crippen LogP contribution in [0, 0.1) is 6.92 Å². The number of aryl methyl sites for hydroxylation is 1.